The van der Waals surface area contributed by atoms with E-state index in [0.717, 1.165) is 17.0 Å². The zero-order valence-corrected chi connectivity index (χ0v) is 11.7. The molecule has 1 aromatic heterocycles. The van der Waals surface area contributed by atoms with Gasteiger partial charge in [-0.2, -0.15) is 0 Å². The predicted octanol–water partition coefficient (Wildman–Crippen LogP) is 2.94. The lowest BCUT2D eigenvalue weighted by Gasteiger charge is -2.03. The Morgan fingerprint density at radius 1 is 1.35 bits per heavy atom. The maximum absolute atomic E-state index is 11.2. The molecular formula is C15H18N2O3. The quantitative estimate of drug-likeness (QED) is 0.910. The lowest BCUT2D eigenvalue weighted by molar-refractivity contribution is 0.152. The molecule has 2 aromatic rings. The molecule has 106 valence electrons. The van der Waals surface area contributed by atoms with Gasteiger partial charge in [-0.05, 0) is 26.0 Å². The third-order valence-corrected chi connectivity index (χ3v) is 2.82. The van der Waals surface area contributed by atoms with E-state index in [1.165, 1.54) is 0 Å². The molecule has 5 nitrogen and oxygen atoms in total. The van der Waals surface area contributed by atoms with Crippen molar-refractivity contribution in [3.8, 4) is 11.5 Å². The summed E-state index contributed by atoms with van der Waals surface area (Å²) in [5, 5.41) is 2.67. The highest BCUT2D eigenvalue weighted by Crippen LogP contribution is 2.21. The van der Waals surface area contributed by atoms with Gasteiger partial charge in [0.2, 0.25) is 5.89 Å². The van der Waals surface area contributed by atoms with Crippen LogP contribution in [0.15, 0.2) is 34.7 Å². The molecule has 0 aliphatic rings. The molecule has 0 bridgehead atoms. The first kappa shape index (κ1) is 14.1. The van der Waals surface area contributed by atoms with E-state index in [9.17, 15) is 4.79 Å². The number of ether oxygens (including phenoxy) is 1. The highest BCUT2D eigenvalue weighted by Gasteiger charge is 2.11. The minimum atomic E-state index is -0.406. The number of benzene rings is 1. The molecule has 0 saturated carbocycles. The van der Waals surface area contributed by atoms with Crippen molar-refractivity contribution in [1.82, 2.24) is 10.3 Å². The predicted molar refractivity (Wildman–Crippen MR) is 75.4 cm³/mol. The maximum atomic E-state index is 11.2. The Morgan fingerprint density at radius 3 is 2.80 bits per heavy atom. The summed E-state index contributed by atoms with van der Waals surface area (Å²) >= 11 is 0. The van der Waals surface area contributed by atoms with Crippen molar-refractivity contribution in [2.75, 3.05) is 13.2 Å². The minimum Gasteiger partial charge on any atom is -0.450 e. The van der Waals surface area contributed by atoms with Gasteiger partial charge in [-0.1, -0.05) is 18.2 Å². The fraction of sp³-hybridized carbons (Fsp3) is 0.333. The van der Waals surface area contributed by atoms with E-state index >= 15 is 0 Å². The van der Waals surface area contributed by atoms with Crippen LogP contribution in [0.5, 0.6) is 0 Å². The van der Waals surface area contributed by atoms with Crippen LogP contribution >= 0.6 is 0 Å². The summed E-state index contributed by atoms with van der Waals surface area (Å²) in [6.45, 7) is 4.49. The first-order chi connectivity index (χ1) is 9.70. The van der Waals surface area contributed by atoms with Crippen LogP contribution in [0.25, 0.3) is 11.5 Å². The third kappa shape index (κ3) is 3.60. The van der Waals surface area contributed by atoms with Crippen LogP contribution in [-0.4, -0.2) is 24.2 Å². The molecule has 0 unspecified atom stereocenters. The first-order valence-corrected chi connectivity index (χ1v) is 6.63. The Bertz CT molecular complexity index is 564. The number of oxazole rings is 1. The highest BCUT2D eigenvalue weighted by molar-refractivity contribution is 5.67. The molecular weight excluding hydrogens is 256 g/mol. The standard InChI is InChI=1S/C15H18N2O3/c1-3-19-15(18)16-10-9-13-11(2)20-14(17-13)12-7-5-4-6-8-12/h4-8H,3,9-10H2,1-2H3,(H,16,18). The smallest absolute Gasteiger partial charge is 0.407 e. The maximum Gasteiger partial charge on any atom is 0.407 e. The van der Waals surface area contributed by atoms with E-state index in [2.05, 4.69) is 10.3 Å². The molecule has 5 heteroatoms. The van der Waals surface area contributed by atoms with Crippen LogP contribution in [-0.2, 0) is 11.2 Å². The molecule has 0 fully saturated rings. The average molecular weight is 274 g/mol. The van der Waals surface area contributed by atoms with Gasteiger partial charge in [0.05, 0.1) is 12.3 Å². The molecule has 20 heavy (non-hydrogen) atoms. The largest absolute Gasteiger partial charge is 0.450 e. The summed E-state index contributed by atoms with van der Waals surface area (Å²) in [6, 6.07) is 9.73. The minimum absolute atomic E-state index is 0.368. The second-order valence-electron chi connectivity index (χ2n) is 4.29. The van der Waals surface area contributed by atoms with Crippen LogP contribution in [0, 0.1) is 6.92 Å². The lowest BCUT2D eigenvalue weighted by Crippen LogP contribution is -2.26. The van der Waals surface area contributed by atoms with E-state index in [0.29, 0.717) is 25.5 Å². The van der Waals surface area contributed by atoms with Gasteiger partial charge in [-0.25, -0.2) is 9.78 Å². The van der Waals surface area contributed by atoms with Crippen LogP contribution in [0.3, 0.4) is 0 Å². The van der Waals surface area contributed by atoms with Crippen LogP contribution in [0.4, 0.5) is 4.79 Å². The van der Waals surface area contributed by atoms with Gasteiger partial charge in [0.25, 0.3) is 0 Å². The van der Waals surface area contributed by atoms with Crippen molar-refractivity contribution in [3.63, 3.8) is 0 Å². The molecule has 0 atom stereocenters. The molecule has 1 amide bonds. The fourth-order valence-electron chi connectivity index (χ4n) is 1.83. The Balaban J connectivity index is 1.96. The number of aromatic nitrogens is 1. The number of aryl methyl sites for hydroxylation is 1. The Hall–Kier alpha value is -2.30. The van der Waals surface area contributed by atoms with Crippen LogP contribution in [0.1, 0.15) is 18.4 Å². The number of hydrogen-bond acceptors (Lipinski definition) is 4. The SMILES string of the molecule is CCOC(=O)NCCc1nc(-c2ccccc2)oc1C. The first-order valence-electron chi connectivity index (χ1n) is 6.63. The van der Waals surface area contributed by atoms with Crippen molar-refractivity contribution in [3.05, 3.63) is 41.8 Å². The summed E-state index contributed by atoms with van der Waals surface area (Å²) in [6.07, 6.45) is 0.206. The number of carbonyl (C=O) groups is 1. The van der Waals surface area contributed by atoms with Crippen molar-refractivity contribution < 1.29 is 13.9 Å². The van der Waals surface area contributed by atoms with E-state index < -0.39 is 6.09 Å². The molecule has 2 rings (SSSR count). The average Bonchev–Trinajstić information content (AvgIpc) is 2.82. The summed E-state index contributed by atoms with van der Waals surface area (Å²) in [5.74, 6) is 1.38. The normalized spacial score (nSPS) is 10.3. The summed E-state index contributed by atoms with van der Waals surface area (Å²) in [5.41, 5.74) is 1.79. The van der Waals surface area contributed by atoms with Gasteiger partial charge in [0, 0.05) is 18.5 Å². The van der Waals surface area contributed by atoms with Crippen molar-refractivity contribution in [1.29, 1.82) is 0 Å². The third-order valence-electron chi connectivity index (χ3n) is 2.82. The van der Waals surface area contributed by atoms with Crippen LogP contribution < -0.4 is 5.32 Å². The molecule has 0 radical (unpaired) electrons. The Kier molecular flexibility index (Phi) is 4.76. The molecule has 0 aliphatic heterocycles. The van der Waals surface area contributed by atoms with Crippen molar-refractivity contribution in [2.45, 2.75) is 20.3 Å². The molecule has 0 spiro atoms. The Labute approximate surface area is 118 Å². The van der Waals surface area contributed by atoms with E-state index in [4.69, 9.17) is 9.15 Å². The Morgan fingerprint density at radius 2 is 2.10 bits per heavy atom. The molecule has 0 saturated heterocycles. The molecule has 0 aliphatic carbocycles. The van der Waals surface area contributed by atoms with Gasteiger partial charge in [0.1, 0.15) is 5.76 Å². The van der Waals surface area contributed by atoms with Gasteiger partial charge in [-0.3, -0.25) is 0 Å². The molecule has 1 heterocycles. The monoisotopic (exact) mass is 274 g/mol. The summed E-state index contributed by atoms with van der Waals surface area (Å²) in [7, 11) is 0. The zero-order chi connectivity index (χ0) is 14.4. The second-order valence-corrected chi connectivity index (χ2v) is 4.29. The van der Waals surface area contributed by atoms with E-state index in [1.807, 2.05) is 37.3 Å². The lowest BCUT2D eigenvalue weighted by atomic mass is 10.2. The number of rotatable bonds is 5. The van der Waals surface area contributed by atoms with E-state index in [-0.39, 0.29) is 0 Å². The van der Waals surface area contributed by atoms with Crippen molar-refractivity contribution in [2.24, 2.45) is 0 Å². The number of alkyl carbamates (subject to hydrolysis) is 1. The second kappa shape index (κ2) is 6.75. The molecule has 1 N–H and O–H groups in total. The number of nitrogens with zero attached hydrogens (tertiary/aromatic N) is 1. The van der Waals surface area contributed by atoms with Gasteiger partial charge >= 0.3 is 6.09 Å². The van der Waals surface area contributed by atoms with Crippen molar-refractivity contribution >= 4 is 6.09 Å². The number of hydrogen-bond donors (Lipinski definition) is 1. The van der Waals surface area contributed by atoms with Gasteiger partial charge < -0.3 is 14.5 Å². The summed E-state index contributed by atoms with van der Waals surface area (Å²) in [4.78, 5) is 15.6. The fourth-order valence-corrected chi connectivity index (χ4v) is 1.83. The number of carbonyl (C=O) groups excluding carboxylic acids is 1. The topological polar surface area (TPSA) is 64.4 Å². The van der Waals surface area contributed by atoms with Gasteiger partial charge in [0.15, 0.2) is 0 Å². The number of nitrogens with one attached hydrogen (secondary N) is 1. The van der Waals surface area contributed by atoms with Crippen LogP contribution in [0.2, 0.25) is 0 Å². The van der Waals surface area contributed by atoms with Gasteiger partial charge in [-0.15, -0.1) is 0 Å². The highest BCUT2D eigenvalue weighted by atomic mass is 16.5. The zero-order valence-electron chi connectivity index (χ0n) is 11.7. The molecule has 1 aromatic carbocycles. The van der Waals surface area contributed by atoms with E-state index in [1.54, 1.807) is 6.92 Å². The number of amides is 1. The summed E-state index contributed by atoms with van der Waals surface area (Å²) < 4.78 is 10.4.